The Labute approximate surface area is 101 Å². The smallest absolute Gasteiger partial charge is 0.223 e. The van der Waals surface area contributed by atoms with Crippen molar-refractivity contribution in [3.63, 3.8) is 0 Å². The van der Waals surface area contributed by atoms with Gasteiger partial charge < -0.3 is 20.4 Å². The van der Waals surface area contributed by atoms with E-state index in [1.54, 1.807) is 25.1 Å². The molecule has 5 nitrogen and oxygen atoms in total. The Morgan fingerprint density at radius 1 is 1.29 bits per heavy atom. The number of hydrogen-bond acceptors (Lipinski definition) is 4. The van der Waals surface area contributed by atoms with Gasteiger partial charge >= 0.3 is 0 Å². The molecule has 1 rings (SSSR count). The maximum absolute atomic E-state index is 11.3. The summed E-state index contributed by atoms with van der Waals surface area (Å²) in [4.78, 5) is 12.8. The van der Waals surface area contributed by atoms with Crippen LogP contribution in [0.25, 0.3) is 0 Å². The van der Waals surface area contributed by atoms with Crippen LogP contribution in [0.3, 0.4) is 0 Å². The molecule has 1 amide bonds. The number of phenols is 2. The summed E-state index contributed by atoms with van der Waals surface area (Å²) in [5.74, 6) is -0.184. The van der Waals surface area contributed by atoms with Crippen LogP contribution in [-0.2, 0) is 11.3 Å². The van der Waals surface area contributed by atoms with Crippen molar-refractivity contribution in [3.8, 4) is 11.5 Å². The van der Waals surface area contributed by atoms with Gasteiger partial charge in [0.25, 0.3) is 0 Å². The van der Waals surface area contributed by atoms with Crippen molar-refractivity contribution in [2.45, 2.75) is 13.0 Å². The first kappa shape index (κ1) is 13.3. The van der Waals surface area contributed by atoms with Crippen LogP contribution in [0.2, 0.25) is 0 Å². The van der Waals surface area contributed by atoms with Crippen LogP contribution in [0.1, 0.15) is 12.0 Å². The fourth-order valence-corrected chi connectivity index (χ4v) is 1.33. The second-order valence-corrected chi connectivity index (χ2v) is 4.04. The van der Waals surface area contributed by atoms with Gasteiger partial charge in [0.05, 0.1) is 0 Å². The molecule has 0 spiro atoms. The minimum atomic E-state index is -0.131. The van der Waals surface area contributed by atoms with E-state index in [2.05, 4.69) is 5.32 Å². The highest BCUT2D eigenvalue weighted by Crippen LogP contribution is 2.24. The third-order valence-corrected chi connectivity index (χ3v) is 2.38. The van der Waals surface area contributed by atoms with Crippen molar-refractivity contribution in [1.29, 1.82) is 0 Å². The van der Waals surface area contributed by atoms with Crippen molar-refractivity contribution >= 4 is 5.91 Å². The Hall–Kier alpha value is -1.75. The van der Waals surface area contributed by atoms with Gasteiger partial charge in [-0.05, 0) is 17.7 Å². The molecule has 0 radical (unpaired) electrons. The minimum Gasteiger partial charge on any atom is -0.504 e. The van der Waals surface area contributed by atoms with Crippen LogP contribution in [0.15, 0.2) is 18.2 Å². The summed E-state index contributed by atoms with van der Waals surface area (Å²) in [5.41, 5.74) is 0.859. The van der Waals surface area contributed by atoms with Crippen LogP contribution >= 0.6 is 0 Å². The molecule has 0 saturated heterocycles. The maximum Gasteiger partial charge on any atom is 0.223 e. The van der Waals surface area contributed by atoms with Crippen molar-refractivity contribution < 1.29 is 15.0 Å². The van der Waals surface area contributed by atoms with Gasteiger partial charge in [-0.3, -0.25) is 4.79 Å². The van der Waals surface area contributed by atoms with Crippen LogP contribution < -0.4 is 5.32 Å². The lowest BCUT2D eigenvalue weighted by molar-refractivity contribution is -0.128. The highest BCUT2D eigenvalue weighted by atomic mass is 16.3. The molecule has 0 unspecified atom stereocenters. The maximum atomic E-state index is 11.3. The predicted octanol–water partition coefficient (Wildman–Crippen LogP) is 0.666. The van der Waals surface area contributed by atoms with Gasteiger partial charge in [0, 0.05) is 33.6 Å². The van der Waals surface area contributed by atoms with Crippen LogP contribution in [0.5, 0.6) is 11.5 Å². The van der Waals surface area contributed by atoms with Crippen molar-refractivity contribution in [3.05, 3.63) is 23.8 Å². The van der Waals surface area contributed by atoms with Crippen LogP contribution in [0, 0.1) is 0 Å². The lowest BCUT2D eigenvalue weighted by Crippen LogP contribution is -2.26. The molecule has 0 saturated carbocycles. The zero-order valence-corrected chi connectivity index (χ0v) is 10.1. The van der Waals surface area contributed by atoms with Crippen LogP contribution in [0.4, 0.5) is 0 Å². The van der Waals surface area contributed by atoms with E-state index >= 15 is 0 Å². The molecule has 1 aromatic carbocycles. The molecule has 0 aromatic heterocycles. The average molecular weight is 238 g/mol. The fraction of sp³-hybridized carbons (Fsp3) is 0.417. The molecule has 17 heavy (non-hydrogen) atoms. The topological polar surface area (TPSA) is 72.8 Å². The van der Waals surface area contributed by atoms with E-state index in [1.807, 2.05) is 0 Å². The number of nitrogens with one attached hydrogen (secondary N) is 1. The summed E-state index contributed by atoms with van der Waals surface area (Å²) in [7, 11) is 3.45. The largest absolute Gasteiger partial charge is 0.504 e. The molecule has 1 aromatic rings. The number of aromatic hydroxyl groups is 2. The number of phenolic OH excluding ortho intramolecular Hbond substituents is 2. The second kappa shape index (κ2) is 6.10. The summed E-state index contributed by atoms with van der Waals surface area (Å²) in [6.07, 6.45) is 0.442. The van der Waals surface area contributed by atoms with E-state index < -0.39 is 0 Å². The first-order valence-electron chi connectivity index (χ1n) is 5.42. The molecule has 0 aliphatic carbocycles. The molecule has 3 N–H and O–H groups in total. The van der Waals surface area contributed by atoms with E-state index in [0.717, 1.165) is 5.56 Å². The molecule has 0 atom stereocenters. The van der Waals surface area contributed by atoms with Gasteiger partial charge in [0.1, 0.15) is 0 Å². The highest BCUT2D eigenvalue weighted by Gasteiger charge is 2.03. The molecule has 0 aliphatic rings. The third-order valence-electron chi connectivity index (χ3n) is 2.38. The lowest BCUT2D eigenvalue weighted by atomic mass is 10.2. The lowest BCUT2D eigenvalue weighted by Gasteiger charge is -2.10. The molecule has 94 valence electrons. The molecule has 0 aliphatic heterocycles. The Bertz CT molecular complexity index is 391. The van der Waals surface area contributed by atoms with Gasteiger partial charge in [-0.1, -0.05) is 6.07 Å². The number of benzene rings is 1. The van der Waals surface area contributed by atoms with Crippen molar-refractivity contribution in [2.24, 2.45) is 0 Å². The van der Waals surface area contributed by atoms with Crippen molar-refractivity contribution in [2.75, 3.05) is 20.6 Å². The summed E-state index contributed by atoms with van der Waals surface area (Å²) >= 11 is 0. The Morgan fingerprint density at radius 3 is 2.59 bits per heavy atom. The molecule has 5 heteroatoms. The monoisotopic (exact) mass is 238 g/mol. The average Bonchev–Trinajstić information content (AvgIpc) is 2.28. The Balaban J connectivity index is 2.31. The first-order chi connectivity index (χ1) is 8.00. The number of carbonyl (C=O) groups is 1. The van der Waals surface area contributed by atoms with Crippen LogP contribution in [-0.4, -0.2) is 41.7 Å². The van der Waals surface area contributed by atoms with Crippen molar-refractivity contribution in [1.82, 2.24) is 10.2 Å². The second-order valence-electron chi connectivity index (χ2n) is 4.04. The van der Waals surface area contributed by atoms with E-state index in [-0.39, 0.29) is 17.4 Å². The summed E-state index contributed by atoms with van der Waals surface area (Å²) < 4.78 is 0. The number of amides is 1. The normalized spacial score (nSPS) is 10.2. The van der Waals surface area contributed by atoms with E-state index in [9.17, 15) is 9.90 Å². The predicted molar refractivity (Wildman–Crippen MR) is 64.8 cm³/mol. The van der Waals surface area contributed by atoms with E-state index in [0.29, 0.717) is 19.5 Å². The standard InChI is InChI=1S/C12H18N2O3/c1-14(2)12(17)5-6-13-8-9-3-4-10(15)11(16)7-9/h3-4,7,13,15-16H,5-6,8H2,1-2H3. The van der Waals surface area contributed by atoms with E-state index in [4.69, 9.17) is 5.11 Å². The Morgan fingerprint density at radius 2 is 2.00 bits per heavy atom. The highest BCUT2D eigenvalue weighted by molar-refractivity contribution is 5.75. The number of rotatable bonds is 5. The minimum absolute atomic E-state index is 0.0750. The van der Waals surface area contributed by atoms with Gasteiger partial charge in [-0.25, -0.2) is 0 Å². The van der Waals surface area contributed by atoms with Gasteiger partial charge in [-0.2, -0.15) is 0 Å². The zero-order chi connectivity index (χ0) is 12.8. The summed E-state index contributed by atoms with van der Waals surface area (Å²) in [6, 6.07) is 4.66. The molecule has 0 fully saturated rings. The fourth-order valence-electron chi connectivity index (χ4n) is 1.33. The van der Waals surface area contributed by atoms with Gasteiger partial charge in [0.2, 0.25) is 5.91 Å². The summed E-state index contributed by atoms with van der Waals surface area (Å²) in [6.45, 7) is 1.13. The Kier molecular flexibility index (Phi) is 4.78. The van der Waals surface area contributed by atoms with Gasteiger partial charge in [0.15, 0.2) is 11.5 Å². The molecular weight excluding hydrogens is 220 g/mol. The SMILES string of the molecule is CN(C)C(=O)CCNCc1ccc(O)c(O)c1. The molecule has 0 heterocycles. The quantitative estimate of drug-likeness (QED) is 0.520. The molecule has 0 bridgehead atoms. The zero-order valence-electron chi connectivity index (χ0n) is 10.1. The number of hydrogen-bond donors (Lipinski definition) is 3. The van der Waals surface area contributed by atoms with Gasteiger partial charge in [-0.15, -0.1) is 0 Å². The summed E-state index contributed by atoms with van der Waals surface area (Å²) in [5, 5.41) is 21.5. The number of carbonyl (C=O) groups excluding carboxylic acids is 1. The molecular formula is C12H18N2O3. The van der Waals surface area contributed by atoms with E-state index in [1.165, 1.54) is 12.1 Å². The third kappa shape index (κ3) is 4.32. The number of nitrogens with zero attached hydrogens (tertiary/aromatic N) is 1. The first-order valence-corrected chi connectivity index (χ1v) is 5.42.